The van der Waals surface area contributed by atoms with E-state index in [2.05, 4.69) is 27.1 Å². The first-order chi connectivity index (χ1) is 10.8. The van der Waals surface area contributed by atoms with E-state index in [-0.39, 0.29) is 5.91 Å². The van der Waals surface area contributed by atoms with Gasteiger partial charge in [-0.2, -0.15) is 0 Å². The first-order valence-corrected chi connectivity index (χ1v) is 8.92. The highest BCUT2D eigenvalue weighted by atomic mass is 32.1. The highest BCUT2D eigenvalue weighted by Gasteiger charge is 2.08. The molecule has 2 aromatic heterocycles. The lowest BCUT2D eigenvalue weighted by molar-refractivity contribution is -0.116. The molecule has 22 heavy (non-hydrogen) atoms. The maximum atomic E-state index is 11.6. The van der Waals surface area contributed by atoms with E-state index >= 15 is 0 Å². The molecule has 3 nitrogen and oxygen atoms in total. The molecule has 0 saturated carbocycles. The van der Waals surface area contributed by atoms with Crippen molar-refractivity contribution in [3.63, 3.8) is 0 Å². The number of hydrogen-bond donors (Lipinski definition) is 1. The van der Waals surface area contributed by atoms with Crippen molar-refractivity contribution in [2.45, 2.75) is 19.8 Å². The summed E-state index contributed by atoms with van der Waals surface area (Å²) in [5, 5.41) is 8.07. The third-order valence-electron chi connectivity index (χ3n) is 3.18. The molecule has 0 fully saturated rings. The predicted molar refractivity (Wildman–Crippen MR) is 94.4 cm³/mol. The van der Waals surface area contributed by atoms with E-state index in [9.17, 15) is 4.79 Å². The Kier molecular flexibility index (Phi) is 4.65. The highest BCUT2D eigenvalue weighted by Crippen LogP contribution is 2.31. The fraction of sp³-hybridized carbons (Fsp3) is 0.176. The second-order valence-corrected chi connectivity index (χ2v) is 6.70. The number of thiophene rings is 1. The van der Waals surface area contributed by atoms with Crippen molar-refractivity contribution in [3.8, 4) is 21.1 Å². The van der Waals surface area contributed by atoms with Crippen molar-refractivity contribution in [1.82, 2.24) is 4.98 Å². The molecule has 1 N–H and O–H groups in total. The summed E-state index contributed by atoms with van der Waals surface area (Å²) in [5.74, 6) is 0.0592. The number of nitrogens with zero attached hydrogens (tertiary/aromatic N) is 1. The molecule has 0 aliphatic heterocycles. The van der Waals surface area contributed by atoms with Crippen molar-refractivity contribution in [2.24, 2.45) is 0 Å². The van der Waals surface area contributed by atoms with Gasteiger partial charge in [-0.15, -0.1) is 22.7 Å². The van der Waals surface area contributed by atoms with Crippen molar-refractivity contribution < 1.29 is 4.79 Å². The minimum absolute atomic E-state index is 0.0592. The van der Waals surface area contributed by atoms with Gasteiger partial charge < -0.3 is 5.32 Å². The minimum Gasteiger partial charge on any atom is -0.326 e. The lowest BCUT2D eigenvalue weighted by Gasteiger charge is -2.04. The molecule has 0 spiro atoms. The van der Waals surface area contributed by atoms with E-state index in [1.54, 1.807) is 22.7 Å². The second kappa shape index (κ2) is 6.85. The van der Waals surface area contributed by atoms with Crippen LogP contribution >= 0.6 is 22.7 Å². The van der Waals surface area contributed by atoms with Gasteiger partial charge in [0.1, 0.15) is 5.01 Å². The van der Waals surface area contributed by atoms with E-state index in [1.165, 1.54) is 4.88 Å². The zero-order valence-corrected chi connectivity index (χ0v) is 13.8. The summed E-state index contributed by atoms with van der Waals surface area (Å²) >= 11 is 3.35. The molecule has 2 heterocycles. The zero-order chi connectivity index (χ0) is 15.4. The molecule has 3 rings (SSSR count). The van der Waals surface area contributed by atoms with E-state index in [0.717, 1.165) is 28.4 Å². The van der Waals surface area contributed by atoms with Crippen LogP contribution in [0.5, 0.6) is 0 Å². The summed E-state index contributed by atoms with van der Waals surface area (Å²) in [5.41, 5.74) is 2.86. The van der Waals surface area contributed by atoms with Crippen molar-refractivity contribution in [3.05, 3.63) is 47.2 Å². The number of hydrogen-bond acceptors (Lipinski definition) is 4. The molecular formula is C17H16N2OS2. The summed E-state index contributed by atoms with van der Waals surface area (Å²) in [6.45, 7) is 2.00. The number of amides is 1. The van der Waals surface area contributed by atoms with Crippen LogP contribution in [-0.4, -0.2) is 10.9 Å². The second-order valence-electron chi connectivity index (χ2n) is 4.89. The molecule has 1 amide bonds. The maximum Gasteiger partial charge on any atom is 0.224 e. The minimum atomic E-state index is 0.0592. The first-order valence-electron chi connectivity index (χ1n) is 7.16. The number of anilines is 1. The van der Waals surface area contributed by atoms with Crippen LogP contribution in [0, 0.1) is 0 Å². The molecule has 0 atom stereocenters. The fourth-order valence-corrected chi connectivity index (χ4v) is 3.74. The number of nitrogens with one attached hydrogen (secondary N) is 1. The normalized spacial score (nSPS) is 10.6. The Bertz CT molecular complexity index is 745. The number of carbonyl (C=O) groups is 1. The number of carbonyl (C=O) groups excluding carboxylic acids is 1. The SMILES string of the molecule is CCCC(=O)Nc1ccc(-c2csc(-c3cccs3)n2)cc1. The standard InChI is InChI=1S/C17H16N2OS2/c1-2-4-16(20)18-13-8-6-12(7-9-13)14-11-22-17(19-14)15-5-3-10-21-15/h3,5-11H,2,4H2,1H3,(H,18,20). The van der Waals surface area contributed by atoms with Crippen LogP contribution in [0.1, 0.15) is 19.8 Å². The number of benzene rings is 1. The molecule has 3 aromatic rings. The topological polar surface area (TPSA) is 42.0 Å². The Morgan fingerprint density at radius 3 is 2.68 bits per heavy atom. The summed E-state index contributed by atoms with van der Waals surface area (Å²) < 4.78 is 0. The van der Waals surface area contributed by atoms with E-state index in [0.29, 0.717) is 6.42 Å². The lowest BCUT2D eigenvalue weighted by atomic mass is 10.1. The molecular weight excluding hydrogens is 312 g/mol. The molecule has 0 unspecified atom stereocenters. The van der Waals surface area contributed by atoms with Crippen LogP contribution in [-0.2, 0) is 4.79 Å². The molecule has 0 bridgehead atoms. The molecule has 1 aromatic carbocycles. The zero-order valence-electron chi connectivity index (χ0n) is 12.2. The quantitative estimate of drug-likeness (QED) is 0.692. The third-order valence-corrected chi connectivity index (χ3v) is 5.06. The van der Waals surface area contributed by atoms with Gasteiger partial charge in [0.2, 0.25) is 5.91 Å². The first kappa shape index (κ1) is 14.9. The molecule has 0 radical (unpaired) electrons. The van der Waals surface area contributed by atoms with Crippen LogP contribution in [0.15, 0.2) is 47.2 Å². The average molecular weight is 328 g/mol. The number of thiazole rings is 1. The monoisotopic (exact) mass is 328 g/mol. The largest absolute Gasteiger partial charge is 0.326 e. The molecule has 0 aliphatic rings. The number of aromatic nitrogens is 1. The van der Waals surface area contributed by atoms with Crippen molar-refractivity contribution in [1.29, 1.82) is 0 Å². The Balaban J connectivity index is 1.74. The van der Waals surface area contributed by atoms with Crippen LogP contribution in [0.4, 0.5) is 5.69 Å². The van der Waals surface area contributed by atoms with Gasteiger partial charge in [0.25, 0.3) is 0 Å². The van der Waals surface area contributed by atoms with Crippen LogP contribution in [0.3, 0.4) is 0 Å². The summed E-state index contributed by atoms with van der Waals surface area (Å²) in [6, 6.07) is 12.0. The van der Waals surface area contributed by atoms with Crippen LogP contribution in [0.25, 0.3) is 21.1 Å². The van der Waals surface area contributed by atoms with Gasteiger partial charge in [-0.3, -0.25) is 4.79 Å². The van der Waals surface area contributed by atoms with E-state index < -0.39 is 0 Å². The van der Waals surface area contributed by atoms with Gasteiger partial charge >= 0.3 is 0 Å². The van der Waals surface area contributed by atoms with E-state index in [1.807, 2.05) is 37.3 Å². The van der Waals surface area contributed by atoms with Crippen molar-refractivity contribution >= 4 is 34.3 Å². The van der Waals surface area contributed by atoms with E-state index in [4.69, 9.17) is 0 Å². The Hall–Kier alpha value is -1.98. The Morgan fingerprint density at radius 2 is 2.00 bits per heavy atom. The Labute approximate surface area is 137 Å². The van der Waals surface area contributed by atoms with Gasteiger partial charge in [0.05, 0.1) is 10.6 Å². The van der Waals surface area contributed by atoms with Gasteiger partial charge in [-0.25, -0.2) is 4.98 Å². The fourth-order valence-electron chi connectivity index (χ4n) is 2.09. The van der Waals surface area contributed by atoms with Crippen LogP contribution < -0.4 is 5.32 Å². The van der Waals surface area contributed by atoms with Gasteiger partial charge in [-0.1, -0.05) is 25.1 Å². The Morgan fingerprint density at radius 1 is 1.18 bits per heavy atom. The average Bonchev–Trinajstić information content (AvgIpc) is 3.19. The molecule has 5 heteroatoms. The lowest BCUT2D eigenvalue weighted by Crippen LogP contribution is -2.10. The molecule has 0 saturated heterocycles. The van der Waals surface area contributed by atoms with Crippen LogP contribution in [0.2, 0.25) is 0 Å². The highest BCUT2D eigenvalue weighted by molar-refractivity contribution is 7.20. The molecule has 0 aliphatic carbocycles. The summed E-state index contributed by atoms with van der Waals surface area (Å²) in [6.07, 6.45) is 1.41. The maximum absolute atomic E-state index is 11.6. The summed E-state index contributed by atoms with van der Waals surface area (Å²) in [4.78, 5) is 17.5. The summed E-state index contributed by atoms with van der Waals surface area (Å²) in [7, 11) is 0. The van der Waals surface area contributed by atoms with Crippen molar-refractivity contribution in [2.75, 3.05) is 5.32 Å². The third kappa shape index (κ3) is 3.43. The van der Waals surface area contributed by atoms with Gasteiger partial charge in [0.15, 0.2) is 0 Å². The smallest absolute Gasteiger partial charge is 0.224 e. The number of rotatable bonds is 5. The molecule has 112 valence electrons. The van der Waals surface area contributed by atoms with Gasteiger partial charge in [0, 0.05) is 23.1 Å². The predicted octanol–water partition coefficient (Wildman–Crippen LogP) is 5.28. The van der Waals surface area contributed by atoms with Gasteiger partial charge in [-0.05, 0) is 30.0 Å².